The summed E-state index contributed by atoms with van der Waals surface area (Å²) < 4.78 is 16.6. The average Bonchev–Trinajstić information content (AvgIpc) is 3.03. The van der Waals surface area contributed by atoms with Crippen LogP contribution in [0.2, 0.25) is 0 Å². The summed E-state index contributed by atoms with van der Waals surface area (Å²) in [6, 6.07) is 0. The van der Waals surface area contributed by atoms with Crippen LogP contribution in [0.5, 0.6) is 0 Å². The van der Waals surface area contributed by atoms with Crippen LogP contribution in [-0.4, -0.2) is 33.7 Å². The molecule has 4 aliphatic carbocycles. The zero-order valence-electron chi connectivity index (χ0n) is 18.6. The van der Waals surface area contributed by atoms with Crippen LogP contribution < -0.4 is 0 Å². The van der Waals surface area contributed by atoms with Crippen molar-refractivity contribution in [3.63, 3.8) is 0 Å². The molecule has 28 heavy (non-hydrogen) atoms. The van der Waals surface area contributed by atoms with Crippen LogP contribution in [0.1, 0.15) is 65.7 Å². The van der Waals surface area contributed by atoms with Gasteiger partial charge in [0.15, 0.2) is 0 Å². The Balaban J connectivity index is 1.57. The smallest absolute Gasteiger partial charge is 0.146 e. The maximum absolute atomic E-state index is 5.92. The van der Waals surface area contributed by atoms with Crippen molar-refractivity contribution < 1.29 is 14.2 Å². The van der Waals surface area contributed by atoms with Crippen molar-refractivity contribution in [2.75, 3.05) is 27.6 Å². The molecular formula is C25H40O3. The summed E-state index contributed by atoms with van der Waals surface area (Å²) in [6.07, 6.45) is 14.3. The predicted molar refractivity (Wildman–Crippen MR) is 113 cm³/mol. The summed E-state index contributed by atoms with van der Waals surface area (Å²) in [6.45, 7) is 8.87. The first kappa shape index (κ1) is 20.6. The third-order valence-electron chi connectivity index (χ3n) is 9.14. The van der Waals surface area contributed by atoms with Gasteiger partial charge in [-0.3, -0.25) is 0 Å². The minimum atomic E-state index is 0.328. The second kappa shape index (κ2) is 7.89. The number of methoxy groups -OCH3 is 2. The van der Waals surface area contributed by atoms with E-state index in [9.17, 15) is 0 Å². The van der Waals surface area contributed by atoms with E-state index in [4.69, 9.17) is 14.2 Å². The fraction of sp³-hybridized carbons (Fsp3) is 0.840. The molecule has 0 bridgehead atoms. The Morgan fingerprint density at radius 1 is 1.00 bits per heavy atom. The molecule has 4 rings (SSSR count). The summed E-state index contributed by atoms with van der Waals surface area (Å²) >= 11 is 0. The van der Waals surface area contributed by atoms with Gasteiger partial charge in [-0.1, -0.05) is 44.1 Å². The summed E-state index contributed by atoms with van der Waals surface area (Å²) in [7, 11) is 3.56. The fourth-order valence-electron chi connectivity index (χ4n) is 7.63. The second-order valence-corrected chi connectivity index (χ2v) is 10.5. The molecule has 0 aromatic carbocycles. The Kier molecular flexibility index (Phi) is 5.81. The number of ether oxygens (including phenoxy) is 3. The van der Waals surface area contributed by atoms with E-state index in [1.165, 1.54) is 32.1 Å². The molecule has 158 valence electrons. The van der Waals surface area contributed by atoms with Crippen LogP contribution in [0.25, 0.3) is 0 Å². The van der Waals surface area contributed by atoms with Gasteiger partial charge >= 0.3 is 0 Å². The molecular weight excluding hydrogens is 348 g/mol. The highest BCUT2D eigenvalue weighted by Gasteiger charge is 2.57. The van der Waals surface area contributed by atoms with Crippen LogP contribution >= 0.6 is 0 Å². The number of rotatable bonds is 6. The first-order valence-corrected chi connectivity index (χ1v) is 11.4. The van der Waals surface area contributed by atoms with Gasteiger partial charge in [0.2, 0.25) is 0 Å². The van der Waals surface area contributed by atoms with Crippen molar-refractivity contribution in [2.45, 2.75) is 71.8 Å². The van der Waals surface area contributed by atoms with Gasteiger partial charge in [0.1, 0.15) is 6.79 Å². The summed E-state index contributed by atoms with van der Waals surface area (Å²) in [4.78, 5) is 0. The molecule has 2 unspecified atom stereocenters. The van der Waals surface area contributed by atoms with Gasteiger partial charge in [-0.15, -0.1) is 0 Å². The van der Waals surface area contributed by atoms with Gasteiger partial charge in [0.05, 0.1) is 6.10 Å². The van der Waals surface area contributed by atoms with Crippen LogP contribution in [0.4, 0.5) is 0 Å². The van der Waals surface area contributed by atoms with Gasteiger partial charge < -0.3 is 14.2 Å². The molecule has 0 amide bonds. The third kappa shape index (κ3) is 3.22. The first-order valence-electron chi connectivity index (χ1n) is 11.4. The van der Waals surface area contributed by atoms with Crippen molar-refractivity contribution in [3.8, 4) is 0 Å². The molecule has 0 N–H and O–H groups in total. The zero-order chi connectivity index (χ0) is 19.9. The largest absolute Gasteiger partial charge is 0.384 e. The van der Waals surface area contributed by atoms with Gasteiger partial charge in [0, 0.05) is 20.8 Å². The normalized spacial score (nSPS) is 43.5. The van der Waals surface area contributed by atoms with E-state index in [1.54, 1.807) is 18.3 Å². The Labute approximate surface area is 171 Å². The number of allylic oxidation sites excluding steroid dienone is 3. The maximum atomic E-state index is 5.92. The molecule has 3 nitrogen and oxygen atoms in total. The van der Waals surface area contributed by atoms with Gasteiger partial charge in [0.25, 0.3) is 0 Å². The minimum absolute atomic E-state index is 0.328. The highest BCUT2D eigenvalue weighted by Crippen LogP contribution is 2.65. The summed E-state index contributed by atoms with van der Waals surface area (Å²) in [5, 5.41) is 0. The lowest BCUT2D eigenvalue weighted by molar-refractivity contribution is -0.0866. The van der Waals surface area contributed by atoms with Crippen molar-refractivity contribution in [1.82, 2.24) is 0 Å². The Morgan fingerprint density at radius 3 is 2.57 bits per heavy atom. The van der Waals surface area contributed by atoms with E-state index < -0.39 is 0 Å². The Hall–Kier alpha value is -0.640. The molecule has 0 spiro atoms. The number of fused-ring (bicyclic) bond motifs is 5. The highest BCUT2D eigenvalue weighted by atomic mass is 16.7. The highest BCUT2D eigenvalue weighted by molar-refractivity contribution is 5.38. The van der Waals surface area contributed by atoms with E-state index in [2.05, 4.69) is 32.9 Å². The summed E-state index contributed by atoms with van der Waals surface area (Å²) in [5.41, 5.74) is 4.21. The monoisotopic (exact) mass is 388 g/mol. The zero-order valence-corrected chi connectivity index (χ0v) is 18.6. The molecule has 4 aliphatic rings. The van der Waals surface area contributed by atoms with Crippen LogP contribution in [0.15, 0.2) is 23.3 Å². The standard InChI is InChI=1S/C25H40O3/c1-17(15-26-4)21-8-9-22-20-7-6-18-14-19(28-16-27-5)10-12-24(18,2)23(20)11-13-25(21,22)3/h6-7,17,19,21-23H,8-16H2,1-5H3/t17?,19-,21+,22-,23?,24-,25+/m0/s1. The summed E-state index contributed by atoms with van der Waals surface area (Å²) in [5.74, 6) is 2.98. The van der Waals surface area contributed by atoms with Crippen LogP contribution in [-0.2, 0) is 14.2 Å². The van der Waals surface area contributed by atoms with Crippen LogP contribution in [0, 0.1) is 34.5 Å². The maximum Gasteiger partial charge on any atom is 0.146 e. The molecule has 7 atom stereocenters. The third-order valence-corrected chi connectivity index (χ3v) is 9.14. The molecule has 0 aromatic heterocycles. The SMILES string of the molecule is COCO[C@H]1CC[C@@]2(C)C(=CC=C3C2CC[C@]2(C)[C@@H](C(C)COC)CC[C@@H]32)C1. The van der Waals surface area contributed by atoms with Crippen molar-refractivity contribution in [2.24, 2.45) is 34.5 Å². The molecule has 0 radical (unpaired) electrons. The van der Waals surface area contributed by atoms with E-state index in [0.717, 1.165) is 37.2 Å². The number of hydrogen-bond donors (Lipinski definition) is 0. The molecule has 0 heterocycles. The first-order chi connectivity index (χ1) is 13.4. The molecule has 3 heteroatoms. The van der Waals surface area contributed by atoms with E-state index in [-0.39, 0.29) is 0 Å². The molecule has 3 saturated carbocycles. The van der Waals surface area contributed by atoms with Crippen molar-refractivity contribution in [1.29, 1.82) is 0 Å². The van der Waals surface area contributed by atoms with Gasteiger partial charge in [-0.25, -0.2) is 0 Å². The molecule has 0 aromatic rings. The Morgan fingerprint density at radius 2 is 1.82 bits per heavy atom. The van der Waals surface area contributed by atoms with Gasteiger partial charge in [-0.2, -0.15) is 0 Å². The van der Waals surface area contributed by atoms with Crippen molar-refractivity contribution >= 4 is 0 Å². The quantitative estimate of drug-likeness (QED) is 0.542. The lowest BCUT2D eigenvalue weighted by Crippen LogP contribution is -2.47. The number of hydrogen-bond acceptors (Lipinski definition) is 3. The molecule has 0 saturated heterocycles. The molecule has 0 aliphatic heterocycles. The topological polar surface area (TPSA) is 27.7 Å². The van der Waals surface area contributed by atoms with E-state index in [0.29, 0.717) is 29.6 Å². The van der Waals surface area contributed by atoms with Crippen LogP contribution in [0.3, 0.4) is 0 Å². The fourth-order valence-corrected chi connectivity index (χ4v) is 7.63. The lowest BCUT2D eigenvalue weighted by atomic mass is 9.50. The Bertz CT molecular complexity index is 638. The predicted octanol–water partition coefficient (Wildman–Crippen LogP) is 5.76. The minimum Gasteiger partial charge on any atom is -0.384 e. The van der Waals surface area contributed by atoms with E-state index >= 15 is 0 Å². The van der Waals surface area contributed by atoms with Crippen molar-refractivity contribution in [3.05, 3.63) is 23.3 Å². The second-order valence-electron chi connectivity index (χ2n) is 10.5. The average molecular weight is 389 g/mol. The van der Waals surface area contributed by atoms with Gasteiger partial charge in [-0.05, 0) is 79.4 Å². The lowest BCUT2D eigenvalue weighted by Gasteiger charge is -2.55. The molecule has 3 fully saturated rings. The van der Waals surface area contributed by atoms with E-state index in [1.807, 2.05) is 7.11 Å².